The lowest BCUT2D eigenvalue weighted by atomic mass is 10.2. The van der Waals surface area contributed by atoms with Gasteiger partial charge in [-0.2, -0.15) is 11.3 Å². The van der Waals surface area contributed by atoms with Gasteiger partial charge in [-0.3, -0.25) is 19.7 Å². The number of rotatable bonds is 6. The maximum atomic E-state index is 12.5. The van der Waals surface area contributed by atoms with Crippen LogP contribution in [0.2, 0.25) is 0 Å². The second-order valence-electron chi connectivity index (χ2n) is 6.60. The summed E-state index contributed by atoms with van der Waals surface area (Å²) >= 11 is 1.52. The van der Waals surface area contributed by atoms with Crippen LogP contribution in [-0.2, 0) is 4.79 Å². The van der Waals surface area contributed by atoms with Crippen molar-refractivity contribution in [1.82, 2.24) is 9.80 Å². The number of amides is 2. The van der Waals surface area contributed by atoms with Gasteiger partial charge in [-0.05, 0) is 36.5 Å². The van der Waals surface area contributed by atoms with Gasteiger partial charge in [0.2, 0.25) is 5.91 Å². The summed E-state index contributed by atoms with van der Waals surface area (Å²) in [7, 11) is 0. The van der Waals surface area contributed by atoms with Gasteiger partial charge in [0.1, 0.15) is 0 Å². The van der Waals surface area contributed by atoms with Crippen LogP contribution in [-0.4, -0.2) is 59.3 Å². The van der Waals surface area contributed by atoms with Gasteiger partial charge >= 0.3 is 0 Å². The summed E-state index contributed by atoms with van der Waals surface area (Å²) in [6.45, 7) is 3.57. The summed E-state index contributed by atoms with van der Waals surface area (Å²) in [5.41, 5.74) is 1.27. The van der Waals surface area contributed by atoms with Crippen LogP contribution in [0.1, 0.15) is 23.2 Å². The quantitative estimate of drug-likeness (QED) is 0.592. The zero-order chi connectivity index (χ0) is 19.9. The van der Waals surface area contributed by atoms with Gasteiger partial charge in [-0.1, -0.05) is 0 Å². The Kier molecular flexibility index (Phi) is 6.72. The third-order valence-electron chi connectivity index (χ3n) is 4.66. The van der Waals surface area contributed by atoms with E-state index in [1.165, 1.54) is 35.6 Å². The number of non-ortho nitro benzene ring substituents is 1. The first-order chi connectivity index (χ1) is 13.5. The van der Waals surface area contributed by atoms with Crippen molar-refractivity contribution in [3.05, 3.63) is 56.8 Å². The Morgan fingerprint density at radius 2 is 1.89 bits per heavy atom. The molecule has 1 aliphatic rings. The van der Waals surface area contributed by atoms with E-state index >= 15 is 0 Å². The average Bonchev–Trinajstić information content (AvgIpc) is 3.12. The minimum Gasteiger partial charge on any atom is -0.337 e. The van der Waals surface area contributed by atoms with Gasteiger partial charge in [0.15, 0.2) is 0 Å². The van der Waals surface area contributed by atoms with Crippen LogP contribution in [0.25, 0.3) is 0 Å². The molecule has 1 aromatic heterocycles. The van der Waals surface area contributed by atoms with E-state index in [0.717, 1.165) is 31.6 Å². The van der Waals surface area contributed by atoms with Crippen LogP contribution in [0.4, 0.5) is 11.4 Å². The molecule has 0 bridgehead atoms. The van der Waals surface area contributed by atoms with Crippen LogP contribution in [0, 0.1) is 10.1 Å². The monoisotopic (exact) mass is 402 g/mol. The van der Waals surface area contributed by atoms with Crippen molar-refractivity contribution >= 4 is 34.5 Å². The molecule has 1 N–H and O–H groups in total. The van der Waals surface area contributed by atoms with E-state index in [9.17, 15) is 19.7 Å². The van der Waals surface area contributed by atoms with Crippen LogP contribution in [0.5, 0.6) is 0 Å². The molecule has 2 amide bonds. The molecule has 2 heterocycles. The highest BCUT2D eigenvalue weighted by Crippen LogP contribution is 2.16. The van der Waals surface area contributed by atoms with Gasteiger partial charge < -0.3 is 15.1 Å². The Morgan fingerprint density at radius 3 is 2.57 bits per heavy atom. The number of thiophene rings is 1. The molecule has 0 atom stereocenters. The molecule has 8 nitrogen and oxygen atoms in total. The molecule has 148 valence electrons. The molecule has 3 rings (SSSR count). The molecule has 28 heavy (non-hydrogen) atoms. The summed E-state index contributed by atoms with van der Waals surface area (Å²) in [5, 5.41) is 17.2. The van der Waals surface area contributed by atoms with Gasteiger partial charge in [0, 0.05) is 55.8 Å². The normalized spacial score (nSPS) is 15.1. The Morgan fingerprint density at radius 1 is 1.11 bits per heavy atom. The fraction of sp³-hybridized carbons (Fsp3) is 0.368. The molecular formula is C19H22N4O4S. The van der Waals surface area contributed by atoms with E-state index in [4.69, 9.17) is 0 Å². The summed E-state index contributed by atoms with van der Waals surface area (Å²) in [4.78, 5) is 38.9. The minimum absolute atomic E-state index is 0.0101. The third kappa shape index (κ3) is 5.37. The zero-order valence-corrected chi connectivity index (χ0v) is 16.2. The number of carbonyl (C=O) groups excluding carboxylic acids is 2. The number of nitrogens with zero attached hydrogens (tertiary/aromatic N) is 3. The van der Waals surface area contributed by atoms with Crippen molar-refractivity contribution in [3.8, 4) is 0 Å². The lowest BCUT2D eigenvalue weighted by Crippen LogP contribution is -2.35. The molecule has 0 aliphatic carbocycles. The Labute approximate surface area is 166 Å². The lowest BCUT2D eigenvalue weighted by molar-refractivity contribution is -0.384. The second kappa shape index (κ2) is 9.43. The summed E-state index contributed by atoms with van der Waals surface area (Å²) in [6.07, 6.45) is 1.20. The first-order valence-electron chi connectivity index (χ1n) is 9.11. The van der Waals surface area contributed by atoms with Gasteiger partial charge in [-0.25, -0.2) is 0 Å². The Bertz CT molecular complexity index is 823. The molecule has 0 radical (unpaired) electrons. The van der Waals surface area contributed by atoms with E-state index in [1.807, 2.05) is 21.7 Å². The number of anilines is 1. The standard InChI is InChI=1S/C19H22N4O4S/c24-18(20-16-2-4-17(5-3-16)23(26)27)6-10-21-8-1-9-22(12-11-21)19(25)15-7-13-28-14-15/h2-5,7,13-14H,1,6,8-12H2,(H,20,24). The Hall–Kier alpha value is -2.78. The SMILES string of the molecule is O=C(CCN1CCCN(C(=O)c2ccsc2)CC1)Nc1ccc([N+](=O)[O-])cc1. The molecule has 0 saturated carbocycles. The first kappa shape index (κ1) is 20.0. The topological polar surface area (TPSA) is 95.8 Å². The number of hydrogen-bond donors (Lipinski definition) is 1. The highest BCUT2D eigenvalue weighted by Gasteiger charge is 2.20. The number of nitro groups is 1. The first-order valence-corrected chi connectivity index (χ1v) is 10.1. The number of nitro benzene ring substituents is 1. The predicted molar refractivity (Wildman–Crippen MR) is 108 cm³/mol. The van der Waals surface area contributed by atoms with Crippen molar-refractivity contribution in [1.29, 1.82) is 0 Å². The molecule has 1 saturated heterocycles. The fourth-order valence-electron chi connectivity index (χ4n) is 3.12. The highest BCUT2D eigenvalue weighted by atomic mass is 32.1. The van der Waals surface area contributed by atoms with Crippen LogP contribution in [0.15, 0.2) is 41.1 Å². The predicted octanol–water partition coefficient (Wildman–Crippen LogP) is 2.83. The highest BCUT2D eigenvalue weighted by molar-refractivity contribution is 7.08. The summed E-state index contributed by atoms with van der Waals surface area (Å²) < 4.78 is 0. The maximum Gasteiger partial charge on any atom is 0.269 e. The summed E-state index contributed by atoms with van der Waals surface area (Å²) in [6, 6.07) is 7.62. The molecule has 0 unspecified atom stereocenters. The van der Waals surface area contributed by atoms with E-state index < -0.39 is 4.92 Å². The molecule has 1 aliphatic heterocycles. The maximum absolute atomic E-state index is 12.5. The molecule has 0 spiro atoms. The molecule has 1 aromatic carbocycles. The van der Waals surface area contributed by atoms with Crippen molar-refractivity contribution in [2.45, 2.75) is 12.8 Å². The van der Waals surface area contributed by atoms with Gasteiger partial charge in [-0.15, -0.1) is 0 Å². The second-order valence-corrected chi connectivity index (χ2v) is 7.38. The Balaban J connectivity index is 1.43. The number of nitrogens with one attached hydrogen (secondary N) is 1. The van der Waals surface area contributed by atoms with Crippen molar-refractivity contribution in [2.24, 2.45) is 0 Å². The van der Waals surface area contributed by atoms with Gasteiger partial charge in [0.05, 0.1) is 10.5 Å². The fourth-order valence-corrected chi connectivity index (χ4v) is 3.75. The van der Waals surface area contributed by atoms with E-state index in [0.29, 0.717) is 25.2 Å². The zero-order valence-electron chi connectivity index (χ0n) is 15.4. The minimum atomic E-state index is -0.475. The molecule has 9 heteroatoms. The van der Waals surface area contributed by atoms with Crippen molar-refractivity contribution < 1.29 is 14.5 Å². The van der Waals surface area contributed by atoms with Crippen molar-refractivity contribution in [2.75, 3.05) is 38.0 Å². The summed E-state index contributed by atoms with van der Waals surface area (Å²) in [5.74, 6) is -0.0664. The van der Waals surface area contributed by atoms with Crippen LogP contribution < -0.4 is 5.32 Å². The van der Waals surface area contributed by atoms with Gasteiger partial charge in [0.25, 0.3) is 11.6 Å². The lowest BCUT2D eigenvalue weighted by Gasteiger charge is -2.21. The van der Waals surface area contributed by atoms with Crippen LogP contribution >= 0.6 is 11.3 Å². The molecule has 1 fully saturated rings. The smallest absolute Gasteiger partial charge is 0.269 e. The number of hydrogen-bond acceptors (Lipinski definition) is 6. The van der Waals surface area contributed by atoms with Crippen LogP contribution in [0.3, 0.4) is 0 Å². The number of benzene rings is 1. The van der Waals surface area contributed by atoms with E-state index in [-0.39, 0.29) is 17.5 Å². The van der Waals surface area contributed by atoms with E-state index in [2.05, 4.69) is 10.2 Å². The molecule has 2 aromatic rings. The third-order valence-corrected chi connectivity index (χ3v) is 5.34. The largest absolute Gasteiger partial charge is 0.337 e. The average molecular weight is 402 g/mol. The molecular weight excluding hydrogens is 380 g/mol. The number of carbonyl (C=O) groups is 2. The van der Waals surface area contributed by atoms with E-state index in [1.54, 1.807) is 0 Å². The van der Waals surface area contributed by atoms with Crippen molar-refractivity contribution in [3.63, 3.8) is 0 Å².